The fraction of sp³-hybridized carbons (Fsp3) is 0.500. The molecule has 54 valence electrons. The molecule has 0 radical (unpaired) electrons. The average Bonchev–Trinajstić information content (AvgIpc) is 1.80. The molecule has 0 aromatic rings. The molecule has 0 unspecified atom stereocenters. The van der Waals surface area contributed by atoms with Gasteiger partial charge in [-0.05, 0) is 0 Å². The van der Waals surface area contributed by atoms with Gasteiger partial charge in [-0.3, -0.25) is 0 Å². The number of rotatable bonds is 5. The molecule has 0 saturated carbocycles. The molecule has 0 amide bonds. The van der Waals surface area contributed by atoms with Crippen LogP contribution in [0, 0.1) is 0 Å². The summed E-state index contributed by atoms with van der Waals surface area (Å²) in [7, 11) is -2.48. The van der Waals surface area contributed by atoms with E-state index in [1.165, 1.54) is 6.26 Å². The van der Waals surface area contributed by atoms with Crippen LogP contribution in [0.1, 0.15) is 0 Å². The maximum atomic E-state index is 9.81. The second kappa shape index (κ2) is 5.58. The molecule has 1 N–H and O–H groups in total. The quantitative estimate of drug-likeness (QED) is 0.309. The molecule has 0 spiro atoms. The van der Waals surface area contributed by atoms with Gasteiger partial charge in [0.2, 0.25) is 10.9 Å². The normalized spacial score (nSPS) is 9.44. The van der Waals surface area contributed by atoms with Crippen molar-refractivity contribution in [3.63, 3.8) is 0 Å². The molecule has 0 heterocycles. The third-order valence-corrected chi connectivity index (χ3v) is 1.06. The van der Waals surface area contributed by atoms with Crippen molar-refractivity contribution in [2.75, 3.05) is 13.2 Å². The lowest BCUT2D eigenvalue weighted by Gasteiger charge is -1.95. The topological polar surface area (TPSA) is 55.4 Å². The predicted octanol–water partition coefficient (Wildman–Crippen LogP) is -0.737. The highest BCUT2D eigenvalue weighted by molar-refractivity contribution is 7.70. The van der Waals surface area contributed by atoms with Crippen LogP contribution in [-0.2, 0) is 15.6 Å². The van der Waals surface area contributed by atoms with Gasteiger partial charge in [0.05, 0.1) is 6.26 Å². The van der Waals surface area contributed by atoms with Crippen molar-refractivity contribution in [3.8, 4) is 0 Å². The van der Waals surface area contributed by atoms with Gasteiger partial charge in [-0.2, -0.15) is 0 Å². The minimum absolute atomic E-state index is 0.296. The molecule has 0 aliphatic heterocycles. The first-order valence-electron chi connectivity index (χ1n) is 2.37. The molecule has 0 aliphatic rings. The van der Waals surface area contributed by atoms with Crippen LogP contribution in [0.3, 0.4) is 0 Å². The maximum Gasteiger partial charge on any atom is 0.201 e. The van der Waals surface area contributed by atoms with Crippen molar-refractivity contribution in [1.82, 2.24) is 4.72 Å². The summed E-state index contributed by atoms with van der Waals surface area (Å²) >= 11 is 0. The number of ether oxygens (including phenoxy) is 1. The Balaban J connectivity index is 3.00. The Bertz CT molecular complexity index is 135. The van der Waals surface area contributed by atoms with Gasteiger partial charge in [-0.1, -0.05) is 6.58 Å². The SMILES string of the molecule is C=COCCN[SH](=O)=O. The Kier molecular flexibility index (Phi) is 5.24. The van der Waals surface area contributed by atoms with E-state index in [1.54, 1.807) is 0 Å². The van der Waals surface area contributed by atoms with E-state index < -0.39 is 10.9 Å². The number of thiol groups is 1. The molecule has 0 aliphatic carbocycles. The molecule has 4 nitrogen and oxygen atoms in total. The molecule has 0 rings (SSSR count). The summed E-state index contributed by atoms with van der Waals surface area (Å²) < 4.78 is 26.4. The highest BCUT2D eigenvalue weighted by Gasteiger charge is 1.82. The lowest BCUT2D eigenvalue weighted by molar-refractivity contribution is 0.257. The summed E-state index contributed by atoms with van der Waals surface area (Å²) in [5, 5.41) is 0. The molecule has 0 atom stereocenters. The van der Waals surface area contributed by atoms with E-state index in [1.807, 2.05) is 0 Å². The second-order valence-corrected chi connectivity index (χ2v) is 2.03. The Labute approximate surface area is 55.6 Å². The Morgan fingerprint density at radius 1 is 1.67 bits per heavy atom. The molecular formula is C4H9NO3S. The Morgan fingerprint density at radius 2 is 2.33 bits per heavy atom. The molecular weight excluding hydrogens is 142 g/mol. The van der Waals surface area contributed by atoms with E-state index in [0.29, 0.717) is 13.2 Å². The van der Waals surface area contributed by atoms with Crippen molar-refractivity contribution in [2.45, 2.75) is 0 Å². The molecule has 9 heavy (non-hydrogen) atoms. The highest BCUT2D eigenvalue weighted by atomic mass is 32.2. The first-order valence-corrected chi connectivity index (χ1v) is 3.55. The van der Waals surface area contributed by atoms with Gasteiger partial charge < -0.3 is 4.74 Å². The highest BCUT2D eigenvalue weighted by Crippen LogP contribution is 1.69. The van der Waals surface area contributed by atoms with Gasteiger partial charge in [0, 0.05) is 6.54 Å². The lowest BCUT2D eigenvalue weighted by atomic mass is 10.7. The largest absolute Gasteiger partial charge is 0.500 e. The van der Waals surface area contributed by atoms with Crippen molar-refractivity contribution in [1.29, 1.82) is 0 Å². The Hall–Kier alpha value is -0.550. The summed E-state index contributed by atoms with van der Waals surface area (Å²) in [6, 6.07) is 0. The van der Waals surface area contributed by atoms with Gasteiger partial charge in [-0.15, -0.1) is 0 Å². The van der Waals surface area contributed by atoms with Crippen LogP contribution < -0.4 is 4.72 Å². The molecule has 5 heteroatoms. The monoisotopic (exact) mass is 151 g/mol. The first kappa shape index (κ1) is 8.45. The number of hydrogen-bond donors (Lipinski definition) is 2. The smallest absolute Gasteiger partial charge is 0.201 e. The van der Waals surface area contributed by atoms with Crippen molar-refractivity contribution in [3.05, 3.63) is 12.8 Å². The van der Waals surface area contributed by atoms with Crippen LogP contribution in [-0.4, -0.2) is 21.6 Å². The minimum Gasteiger partial charge on any atom is -0.500 e. The summed E-state index contributed by atoms with van der Waals surface area (Å²) in [4.78, 5) is 0. The number of nitrogens with one attached hydrogen (secondary N) is 1. The van der Waals surface area contributed by atoms with E-state index in [9.17, 15) is 8.42 Å². The van der Waals surface area contributed by atoms with Crippen LogP contribution in [0.5, 0.6) is 0 Å². The third kappa shape index (κ3) is 7.45. The second-order valence-electron chi connectivity index (χ2n) is 1.20. The summed E-state index contributed by atoms with van der Waals surface area (Å²) in [6.07, 6.45) is 1.26. The van der Waals surface area contributed by atoms with Gasteiger partial charge >= 0.3 is 0 Å². The van der Waals surface area contributed by atoms with Crippen molar-refractivity contribution < 1.29 is 13.2 Å². The third-order valence-electron chi connectivity index (χ3n) is 0.579. The van der Waals surface area contributed by atoms with Gasteiger partial charge in [0.15, 0.2) is 0 Å². The minimum atomic E-state index is -2.48. The molecule has 0 aromatic heterocycles. The zero-order valence-corrected chi connectivity index (χ0v) is 5.77. The predicted molar refractivity (Wildman–Crippen MR) is 34.5 cm³/mol. The lowest BCUT2D eigenvalue weighted by Crippen LogP contribution is -2.16. The van der Waals surface area contributed by atoms with E-state index in [2.05, 4.69) is 16.0 Å². The van der Waals surface area contributed by atoms with Crippen molar-refractivity contribution in [2.24, 2.45) is 0 Å². The fourth-order valence-corrected chi connectivity index (χ4v) is 0.553. The van der Waals surface area contributed by atoms with Gasteiger partial charge in [0.25, 0.3) is 0 Å². The summed E-state index contributed by atoms with van der Waals surface area (Å²) in [6.45, 7) is 3.90. The molecule has 0 fully saturated rings. The molecule has 0 aromatic carbocycles. The average molecular weight is 151 g/mol. The molecule has 0 bridgehead atoms. The van der Waals surface area contributed by atoms with Crippen LogP contribution >= 0.6 is 0 Å². The fourth-order valence-electron chi connectivity index (χ4n) is 0.279. The van der Waals surface area contributed by atoms with Crippen molar-refractivity contribution >= 4 is 10.9 Å². The zero-order valence-electron chi connectivity index (χ0n) is 4.87. The zero-order chi connectivity index (χ0) is 7.11. The summed E-state index contributed by atoms with van der Waals surface area (Å²) in [5.41, 5.74) is 0. The maximum absolute atomic E-state index is 9.81. The standard InChI is InChI=1S/C4H9NO3S/c1-2-8-4-3-5-9(6)7/h2,9H,1,3-4H2,(H,5,6,7). The molecule has 0 saturated heterocycles. The van der Waals surface area contributed by atoms with Crippen LogP contribution in [0.4, 0.5) is 0 Å². The Morgan fingerprint density at radius 3 is 2.78 bits per heavy atom. The van der Waals surface area contributed by atoms with E-state index in [4.69, 9.17) is 0 Å². The van der Waals surface area contributed by atoms with E-state index in [-0.39, 0.29) is 0 Å². The summed E-state index contributed by atoms with van der Waals surface area (Å²) in [5.74, 6) is 0. The van der Waals surface area contributed by atoms with E-state index >= 15 is 0 Å². The van der Waals surface area contributed by atoms with E-state index in [0.717, 1.165) is 0 Å². The van der Waals surface area contributed by atoms with Crippen LogP contribution in [0.15, 0.2) is 12.8 Å². The first-order chi connectivity index (χ1) is 4.27. The number of hydrogen-bond acceptors (Lipinski definition) is 3. The van der Waals surface area contributed by atoms with Gasteiger partial charge in [-0.25, -0.2) is 13.1 Å². The van der Waals surface area contributed by atoms with Gasteiger partial charge in [0.1, 0.15) is 6.61 Å². The van der Waals surface area contributed by atoms with Crippen LogP contribution in [0.2, 0.25) is 0 Å². The van der Waals surface area contributed by atoms with Crippen LogP contribution in [0.25, 0.3) is 0 Å².